The Morgan fingerprint density at radius 3 is 2.38 bits per heavy atom. The van der Waals surface area contributed by atoms with Crippen molar-refractivity contribution in [3.05, 3.63) is 25.7 Å². The molecule has 142 valence electrons. The van der Waals surface area contributed by atoms with E-state index in [1.54, 1.807) is 4.90 Å². The van der Waals surface area contributed by atoms with Gasteiger partial charge in [0.05, 0.1) is 5.52 Å². The molecule has 9 heteroatoms. The molecule has 8 nitrogen and oxygen atoms in total. The molecule has 0 bridgehead atoms. The lowest BCUT2D eigenvalue weighted by Gasteiger charge is -2.36. The molecule has 2 aromatic heterocycles. The Labute approximate surface area is 155 Å². The predicted molar refractivity (Wildman–Crippen MR) is 102 cm³/mol. The molecule has 1 aliphatic heterocycles. The number of carbonyl (C=O) groups excluding carboxylic acids is 1. The van der Waals surface area contributed by atoms with E-state index < -0.39 is 11.2 Å². The highest BCUT2D eigenvalue weighted by Crippen LogP contribution is 2.20. The van der Waals surface area contributed by atoms with Crippen molar-refractivity contribution in [1.82, 2.24) is 23.7 Å². The van der Waals surface area contributed by atoms with E-state index in [2.05, 4.69) is 28.1 Å². The highest BCUT2D eigenvalue weighted by Gasteiger charge is 2.27. The first kappa shape index (κ1) is 18.8. The van der Waals surface area contributed by atoms with Gasteiger partial charge in [-0.1, -0.05) is 13.8 Å². The zero-order valence-electron chi connectivity index (χ0n) is 15.6. The van der Waals surface area contributed by atoms with Crippen molar-refractivity contribution in [3.8, 4) is 0 Å². The third kappa shape index (κ3) is 3.45. The zero-order valence-corrected chi connectivity index (χ0v) is 16.4. The Hall–Kier alpha value is -2.00. The van der Waals surface area contributed by atoms with Gasteiger partial charge >= 0.3 is 5.69 Å². The largest absolute Gasteiger partial charge is 0.335 e. The average Bonchev–Trinajstić information content (AvgIpc) is 3.01. The van der Waals surface area contributed by atoms with E-state index in [0.29, 0.717) is 30.6 Å². The fourth-order valence-corrected chi connectivity index (χ4v) is 4.01. The molecule has 0 saturated carbocycles. The predicted octanol–water partition coefficient (Wildman–Crippen LogP) is 0.968. The molecule has 3 heterocycles. The second-order valence-electron chi connectivity index (χ2n) is 7.40. The quantitative estimate of drug-likeness (QED) is 0.855. The summed E-state index contributed by atoms with van der Waals surface area (Å²) in [6, 6.07) is 0.451. The third-order valence-corrected chi connectivity index (χ3v) is 5.53. The molecule has 3 rings (SSSR count). The Bertz CT molecular complexity index is 919. The van der Waals surface area contributed by atoms with Crippen molar-refractivity contribution in [1.29, 1.82) is 0 Å². The van der Waals surface area contributed by atoms with Crippen LogP contribution in [0.5, 0.6) is 0 Å². The van der Waals surface area contributed by atoms with E-state index >= 15 is 0 Å². The first-order valence-electron chi connectivity index (χ1n) is 8.95. The summed E-state index contributed by atoms with van der Waals surface area (Å²) < 4.78 is 5.32. The summed E-state index contributed by atoms with van der Waals surface area (Å²) >= 11 is 0.984. The molecule has 0 aliphatic carbocycles. The van der Waals surface area contributed by atoms with Gasteiger partial charge in [0.25, 0.3) is 11.5 Å². The maximum Gasteiger partial charge on any atom is 0.328 e. The molecule has 1 saturated heterocycles. The molecule has 2 aromatic rings. The van der Waals surface area contributed by atoms with Gasteiger partial charge in [-0.15, -0.1) is 0 Å². The first-order valence-corrected chi connectivity index (χ1v) is 9.72. The Kier molecular flexibility index (Phi) is 5.29. The number of H-pyrrole nitrogens is 1. The van der Waals surface area contributed by atoms with E-state index in [-0.39, 0.29) is 22.9 Å². The van der Waals surface area contributed by atoms with Crippen LogP contribution in [0.3, 0.4) is 0 Å². The molecule has 0 radical (unpaired) electrons. The Morgan fingerprint density at radius 2 is 1.81 bits per heavy atom. The number of aromatic amines is 1. The molecule has 0 spiro atoms. The minimum atomic E-state index is -0.491. The lowest BCUT2D eigenvalue weighted by molar-refractivity contribution is 0.0601. The topological polar surface area (TPSA) is 91.3 Å². The Morgan fingerprint density at radius 1 is 1.15 bits per heavy atom. The molecule has 26 heavy (non-hydrogen) atoms. The summed E-state index contributed by atoms with van der Waals surface area (Å²) in [5.74, 6) is -0.0131. The second-order valence-corrected chi connectivity index (χ2v) is 8.17. The second kappa shape index (κ2) is 7.32. The maximum absolute atomic E-state index is 12.9. The molecule has 1 amide bonds. The van der Waals surface area contributed by atoms with Crippen molar-refractivity contribution in [3.63, 3.8) is 0 Å². The van der Waals surface area contributed by atoms with Crippen molar-refractivity contribution < 1.29 is 4.79 Å². The van der Waals surface area contributed by atoms with E-state index in [1.165, 1.54) is 0 Å². The van der Waals surface area contributed by atoms with Gasteiger partial charge in [-0.25, -0.2) is 4.79 Å². The van der Waals surface area contributed by atoms with E-state index in [9.17, 15) is 14.4 Å². The van der Waals surface area contributed by atoms with E-state index in [1.807, 2.05) is 13.8 Å². The number of hydrogen-bond acceptors (Lipinski definition) is 6. The summed E-state index contributed by atoms with van der Waals surface area (Å²) in [5.41, 5.74) is -0.492. The monoisotopic (exact) mass is 379 g/mol. The number of piperazine rings is 1. The lowest BCUT2D eigenvalue weighted by atomic mass is 10.2. The average molecular weight is 379 g/mol. The smallest absolute Gasteiger partial charge is 0.328 e. The van der Waals surface area contributed by atoms with Crippen molar-refractivity contribution in [2.24, 2.45) is 5.92 Å². The molecule has 1 fully saturated rings. The van der Waals surface area contributed by atoms with Gasteiger partial charge in [-0.3, -0.25) is 19.1 Å². The molecular formula is C17H25N5O3S. The Balaban J connectivity index is 1.91. The fraction of sp³-hybridized carbons (Fsp3) is 0.647. The number of fused-ring (bicyclic) bond motifs is 1. The van der Waals surface area contributed by atoms with E-state index in [0.717, 1.165) is 29.2 Å². The zero-order chi connectivity index (χ0) is 19.0. The normalized spacial score (nSPS) is 16.2. The van der Waals surface area contributed by atoms with Gasteiger partial charge in [0.15, 0.2) is 5.52 Å². The molecule has 1 aliphatic rings. The van der Waals surface area contributed by atoms with Crippen LogP contribution in [0.2, 0.25) is 0 Å². The molecule has 1 N–H and O–H groups in total. The summed E-state index contributed by atoms with van der Waals surface area (Å²) in [6.45, 7) is 11.4. The van der Waals surface area contributed by atoms with E-state index in [4.69, 9.17) is 0 Å². The number of aromatic nitrogens is 3. The minimum Gasteiger partial charge on any atom is -0.335 e. The number of nitrogens with one attached hydrogen (secondary N) is 1. The molecule has 0 atom stereocenters. The van der Waals surface area contributed by atoms with Gasteiger partial charge in [-0.2, -0.15) is 4.37 Å². The molecule has 0 unspecified atom stereocenters. The van der Waals surface area contributed by atoms with Gasteiger partial charge in [0, 0.05) is 38.8 Å². The van der Waals surface area contributed by atoms with Crippen LogP contribution in [-0.4, -0.2) is 61.9 Å². The number of hydrogen-bond donors (Lipinski definition) is 1. The minimum absolute atomic E-state index is 0.156. The van der Waals surface area contributed by atoms with Crippen LogP contribution in [0.1, 0.15) is 37.4 Å². The highest BCUT2D eigenvalue weighted by molar-refractivity contribution is 7.09. The number of carbonyl (C=O) groups is 1. The standard InChI is InChI=1S/C17H25N5O3S/c1-10(2)9-22-15(23)13-12(18-17(22)25)14(26-19-13)16(24)21-7-5-20(6-8-21)11(3)4/h10-11H,5-9H2,1-4H3,(H,18,25). The van der Waals surface area contributed by atoms with Crippen LogP contribution in [-0.2, 0) is 6.54 Å². The molecular weight excluding hydrogens is 354 g/mol. The van der Waals surface area contributed by atoms with Gasteiger partial charge < -0.3 is 9.88 Å². The van der Waals surface area contributed by atoms with Crippen LogP contribution in [0.15, 0.2) is 9.59 Å². The molecule has 0 aromatic carbocycles. The van der Waals surface area contributed by atoms with Crippen molar-refractivity contribution in [2.75, 3.05) is 26.2 Å². The van der Waals surface area contributed by atoms with Crippen LogP contribution >= 0.6 is 11.5 Å². The van der Waals surface area contributed by atoms with Gasteiger partial charge in [0.1, 0.15) is 4.88 Å². The van der Waals surface area contributed by atoms with Gasteiger partial charge in [-0.05, 0) is 31.3 Å². The number of amides is 1. The maximum atomic E-state index is 12.9. The number of rotatable bonds is 4. The van der Waals surface area contributed by atoms with Crippen LogP contribution in [0, 0.1) is 5.92 Å². The first-order chi connectivity index (χ1) is 12.3. The SMILES string of the molecule is CC(C)Cn1c(=O)[nH]c2c(C(=O)N3CCN(C(C)C)CC3)snc2c1=O. The number of nitrogens with zero attached hydrogens (tertiary/aromatic N) is 4. The van der Waals surface area contributed by atoms with Crippen LogP contribution in [0.4, 0.5) is 0 Å². The summed E-state index contributed by atoms with van der Waals surface area (Å²) in [6.07, 6.45) is 0. The van der Waals surface area contributed by atoms with Crippen molar-refractivity contribution in [2.45, 2.75) is 40.3 Å². The fourth-order valence-electron chi connectivity index (χ4n) is 3.21. The lowest BCUT2D eigenvalue weighted by Crippen LogP contribution is -2.50. The highest BCUT2D eigenvalue weighted by atomic mass is 32.1. The van der Waals surface area contributed by atoms with Crippen LogP contribution in [0.25, 0.3) is 11.0 Å². The van der Waals surface area contributed by atoms with Crippen LogP contribution < -0.4 is 11.2 Å². The summed E-state index contributed by atoms with van der Waals surface area (Å²) in [7, 11) is 0. The third-order valence-electron chi connectivity index (χ3n) is 4.69. The van der Waals surface area contributed by atoms with Gasteiger partial charge in [0.2, 0.25) is 0 Å². The van der Waals surface area contributed by atoms with Crippen molar-refractivity contribution >= 4 is 28.5 Å². The summed E-state index contributed by atoms with van der Waals surface area (Å²) in [4.78, 5) is 44.9. The summed E-state index contributed by atoms with van der Waals surface area (Å²) in [5, 5.41) is 0.